The van der Waals surface area contributed by atoms with Crippen LogP contribution < -0.4 is 14.9 Å². The van der Waals surface area contributed by atoms with Crippen molar-refractivity contribution in [2.45, 2.75) is 39.2 Å². The highest BCUT2D eigenvalue weighted by molar-refractivity contribution is 14.1. The second kappa shape index (κ2) is 9.66. The van der Waals surface area contributed by atoms with Gasteiger partial charge in [-0.2, -0.15) is 5.10 Å². The molecule has 0 saturated heterocycles. The van der Waals surface area contributed by atoms with Crippen LogP contribution in [0.2, 0.25) is 0 Å². The number of nitrogens with one attached hydrogen (secondary N) is 1. The number of benzene rings is 2. The lowest BCUT2D eigenvalue weighted by molar-refractivity contribution is -0.384. The summed E-state index contributed by atoms with van der Waals surface area (Å²) in [5.74, 6) is 1.69. The molecule has 2 aliphatic carbocycles. The van der Waals surface area contributed by atoms with Gasteiger partial charge in [0, 0.05) is 18.1 Å². The van der Waals surface area contributed by atoms with Crippen LogP contribution in [-0.4, -0.2) is 24.2 Å². The molecule has 9 heteroatoms. The Balaban J connectivity index is 1.38. The predicted molar refractivity (Wildman–Crippen MR) is 132 cm³/mol. The number of nitro benzene ring substituents is 1. The molecule has 2 saturated carbocycles. The standard InChI is InChI=1S/C24H26IN3O5/c1-24-10-4-3-5-18(24)21(24)23(29)27-26-13-16-11-19(25)22(20(12-16)32-2)33-14-15-6-8-17(9-7-15)28(30)31/h6-9,11-13,18,21H,3-5,10,14H2,1-2H3,(H,27,29)/b26-13-/t18-,21-,24-/m0/s1. The second-order valence-electron chi connectivity index (χ2n) is 8.82. The molecule has 2 aromatic carbocycles. The van der Waals surface area contributed by atoms with E-state index in [0.29, 0.717) is 17.4 Å². The monoisotopic (exact) mass is 563 g/mol. The lowest BCUT2D eigenvalue weighted by Gasteiger charge is -2.15. The number of carbonyl (C=O) groups is 1. The number of rotatable bonds is 8. The van der Waals surface area contributed by atoms with Gasteiger partial charge in [-0.1, -0.05) is 19.8 Å². The SMILES string of the molecule is COc1cc(/C=N\NC(=O)[C@@H]2[C@@H]3CCCC[C@]23C)cc(I)c1OCc1ccc([N+](=O)[O-])cc1. The summed E-state index contributed by atoms with van der Waals surface area (Å²) in [7, 11) is 1.56. The third kappa shape index (κ3) is 4.97. The molecule has 0 unspecified atom stereocenters. The molecule has 1 N–H and O–H groups in total. The van der Waals surface area contributed by atoms with Gasteiger partial charge in [0.2, 0.25) is 5.91 Å². The zero-order chi connectivity index (χ0) is 23.6. The number of halogens is 1. The summed E-state index contributed by atoms with van der Waals surface area (Å²) in [6, 6.07) is 9.91. The van der Waals surface area contributed by atoms with Crippen LogP contribution in [0.3, 0.4) is 0 Å². The molecule has 0 heterocycles. The van der Waals surface area contributed by atoms with Gasteiger partial charge in [0.05, 0.1) is 21.8 Å². The fourth-order valence-electron chi connectivity index (χ4n) is 4.91. The van der Waals surface area contributed by atoms with Crippen LogP contribution in [0.1, 0.15) is 43.7 Å². The summed E-state index contributed by atoms with van der Waals surface area (Å²) in [5.41, 5.74) is 4.49. The summed E-state index contributed by atoms with van der Waals surface area (Å²) >= 11 is 2.16. The predicted octanol–water partition coefficient (Wildman–Crippen LogP) is 5.06. The Hall–Kier alpha value is -2.69. The molecule has 3 atom stereocenters. The van der Waals surface area contributed by atoms with Crippen LogP contribution in [0, 0.1) is 30.9 Å². The summed E-state index contributed by atoms with van der Waals surface area (Å²) in [6.07, 6.45) is 6.28. The Morgan fingerprint density at radius 1 is 1.33 bits per heavy atom. The van der Waals surface area contributed by atoms with Crippen LogP contribution >= 0.6 is 22.6 Å². The first-order valence-corrected chi connectivity index (χ1v) is 12.0. The average Bonchev–Trinajstić information content (AvgIpc) is 3.43. The molecule has 33 heavy (non-hydrogen) atoms. The van der Waals surface area contributed by atoms with Crippen molar-refractivity contribution < 1.29 is 19.2 Å². The number of carbonyl (C=O) groups excluding carboxylic acids is 1. The molecule has 2 aromatic rings. The number of ether oxygens (including phenoxy) is 2. The largest absolute Gasteiger partial charge is 0.493 e. The minimum Gasteiger partial charge on any atom is -0.493 e. The maximum Gasteiger partial charge on any atom is 0.269 e. The molecule has 8 nitrogen and oxygen atoms in total. The lowest BCUT2D eigenvalue weighted by atomic mass is 9.90. The van der Waals surface area contributed by atoms with Gasteiger partial charge in [0.25, 0.3) is 5.69 Å². The van der Waals surface area contributed by atoms with Crippen molar-refractivity contribution in [1.82, 2.24) is 5.43 Å². The van der Waals surface area contributed by atoms with Crippen LogP contribution in [-0.2, 0) is 11.4 Å². The van der Waals surface area contributed by atoms with Crippen molar-refractivity contribution in [1.29, 1.82) is 0 Å². The molecule has 2 aliphatic rings. The molecule has 174 valence electrons. The van der Waals surface area contributed by atoms with Crippen molar-refractivity contribution in [2.24, 2.45) is 22.4 Å². The van der Waals surface area contributed by atoms with Crippen LogP contribution in [0.25, 0.3) is 0 Å². The summed E-state index contributed by atoms with van der Waals surface area (Å²) < 4.78 is 12.2. The van der Waals surface area contributed by atoms with Crippen LogP contribution in [0.5, 0.6) is 11.5 Å². The first-order chi connectivity index (χ1) is 15.8. The summed E-state index contributed by atoms with van der Waals surface area (Å²) in [6.45, 7) is 2.46. The van der Waals surface area contributed by atoms with Gasteiger partial charge in [-0.25, -0.2) is 5.43 Å². The van der Waals surface area contributed by atoms with E-state index < -0.39 is 4.92 Å². The molecule has 4 rings (SSSR count). The quantitative estimate of drug-likeness (QED) is 0.209. The third-order valence-corrected chi connectivity index (χ3v) is 7.59. The Kier molecular flexibility index (Phi) is 6.87. The normalized spacial score (nSPS) is 23.6. The van der Waals surface area contributed by atoms with E-state index in [9.17, 15) is 14.9 Å². The number of nitro groups is 1. The van der Waals surface area contributed by atoms with Crippen molar-refractivity contribution in [3.8, 4) is 11.5 Å². The van der Waals surface area contributed by atoms with Crippen LogP contribution in [0.4, 0.5) is 5.69 Å². The molecule has 0 aliphatic heterocycles. The van der Waals surface area contributed by atoms with E-state index in [-0.39, 0.29) is 29.5 Å². The fourth-order valence-corrected chi connectivity index (χ4v) is 5.70. The maximum absolute atomic E-state index is 12.6. The van der Waals surface area contributed by atoms with E-state index in [0.717, 1.165) is 27.5 Å². The number of amides is 1. The molecular formula is C24H26IN3O5. The Morgan fingerprint density at radius 2 is 2.09 bits per heavy atom. The fraction of sp³-hybridized carbons (Fsp3) is 0.417. The number of hydrazone groups is 1. The summed E-state index contributed by atoms with van der Waals surface area (Å²) in [5, 5.41) is 15.0. The molecule has 1 amide bonds. The number of hydrogen-bond acceptors (Lipinski definition) is 6. The van der Waals surface area contributed by atoms with E-state index in [2.05, 4.69) is 40.0 Å². The first-order valence-electron chi connectivity index (χ1n) is 10.9. The number of non-ortho nitro benzene ring substituents is 1. The van der Waals surface area contributed by atoms with E-state index >= 15 is 0 Å². The minimum atomic E-state index is -0.433. The number of methoxy groups -OCH3 is 1. The van der Waals surface area contributed by atoms with Gasteiger partial charge in [0.1, 0.15) is 6.61 Å². The van der Waals surface area contributed by atoms with Gasteiger partial charge < -0.3 is 9.47 Å². The third-order valence-electron chi connectivity index (χ3n) is 6.78. The van der Waals surface area contributed by atoms with E-state index in [4.69, 9.17) is 9.47 Å². The molecule has 0 bridgehead atoms. The zero-order valence-electron chi connectivity index (χ0n) is 18.5. The molecular weight excluding hydrogens is 537 g/mol. The van der Waals surface area contributed by atoms with Crippen LogP contribution in [0.15, 0.2) is 41.5 Å². The van der Waals surface area contributed by atoms with Gasteiger partial charge in [-0.3, -0.25) is 14.9 Å². The Bertz CT molecular complexity index is 1090. The number of hydrogen-bond donors (Lipinski definition) is 1. The van der Waals surface area contributed by atoms with Crippen molar-refractivity contribution in [2.75, 3.05) is 7.11 Å². The maximum atomic E-state index is 12.6. The van der Waals surface area contributed by atoms with E-state index in [1.165, 1.54) is 25.0 Å². The highest BCUT2D eigenvalue weighted by Crippen LogP contribution is 2.66. The molecule has 0 aromatic heterocycles. The zero-order valence-corrected chi connectivity index (χ0v) is 20.7. The van der Waals surface area contributed by atoms with Gasteiger partial charge in [-0.15, -0.1) is 0 Å². The van der Waals surface area contributed by atoms with E-state index in [1.54, 1.807) is 31.5 Å². The van der Waals surface area contributed by atoms with Crippen molar-refractivity contribution in [3.63, 3.8) is 0 Å². The topological polar surface area (TPSA) is 103 Å². The van der Waals surface area contributed by atoms with Gasteiger partial charge >= 0.3 is 0 Å². The lowest BCUT2D eigenvalue weighted by Crippen LogP contribution is -2.22. The van der Waals surface area contributed by atoms with Crippen molar-refractivity contribution >= 4 is 40.4 Å². The molecule has 0 radical (unpaired) electrons. The summed E-state index contributed by atoms with van der Waals surface area (Å²) in [4.78, 5) is 22.9. The van der Waals surface area contributed by atoms with Gasteiger partial charge in [0.15, 0.2) is 11.5 Å². The average molecular weight is 563 g/mol. The Morgan fingerprint density at radius 3 is 2.73 bits per heavy atom. The number of nitrogens with zero attached hydrogens (tertiary/aromatic N) is 2. The molecule has 0 spiro atoms. The smallest absolute Gasteiger partial charge is 0.269 e. The molecule has 2 fully saturated rings. The highest BCUT2D eigenvalue weighted by atomic mass is 127. The van der Waals surface area contributed by atoms with Gasteiger partial charge in [-0.05, 0) is 82.2 Å². The van der Waals surface area contributed by atoms with Crippen molar-refractivity contribution in [3.05, 3.63) is 61.2 Å². The first kappa shape index (κ1) is 23.5. The Labute approximate surface area is 206 Å². The second-order valence-corrected chi connectivity index (χ2v) is 9.98. The minimum absolute atomic E-state index is 0.00497. The number of fused-ring (bicyclic) bond motifs is 1. The highest BCUT2D eigenvalue weighted by Gasteiger charge is 2.64. The van der Waals surface area contributed by atoms with E-state index in [1.807, 2.05) is 6.07 Å².